The molecule has 1 aliphatic heterocycles. The standard InChI is InChI=1S/C7H19N4O2/c1-6-4-12-7(13-5-6)11(8,9-2)10-3/h6-7,9-10H,4-5,8H2,1-3H3/q+1. The highest BCUT2D eigenvalue weighted by Gasteiger charge is 2.38. The van der Waals surface area contributed by atoms with E-state index in [1.165, 1.54) is 0 Å². The van der Waals surface area contributed by atoms with Crippen molar-refractivity contribution in [2.24, 2.45) is 11.8 Å². The molecule has 0 spiro atoms. The predicted molar refractivity (Wildman–Crippen MR) is 47.4 cm³/mol. The summed E-state index contributed by atoms with van der Waals surface area (Å²) in [6.45, 7) is 3.41. The minimum absolute atomic E-state index is 0.146. The molecule has 0 atom stereocenters. The largest absolute Gasteiger partial charge is 0.364 e. The van der Waals surface area contributed by atoms with E-state index in [1.54, 1.807) is 14.1 Å². The van der Waals surface area contributed by atoms with Crippen LogP contribution in [0.3, 0.4) is 0 Å². The lowest BCUT2D eigenvalue weighted by Gasteiger charge is -2.37. The number of nitrogens with two attached hydrogens (primary N) is 1. The maximum Gasteiger partial charge on any atom is 0.364 e. The molecular weight excluding hydrogens is 172 g/mol. The highest BCUT2D eigenvalue weighted by Crippen LogP contribution is 2.13. The number of rotatable bonds is 3. The molecule has 0 aromatic heterocycles. The molecule has 1 saturated heterocycles. The smallest absolute Gasteiger partial charge is 0.301 e. The first-order valence-corrected chi connectivity index (χ1v) is 4.41. The second-order valence-electron chi connectivity index (χ2n) is 3.30. The molecular formula is C7H19N4O2+. The van der Waals surface area contributed by atoms with Gasteiger partial charge >= 0.3 is 6.41 Å². The first-order valence-electron chi connectivity index (χ1n) is 4.41. The van der Waals surface area contributed by atoms with Gasteiger partial charge in [0.15, 0.2) is 0 Å². The third-order valence-electron chi connectivity index (χ3n) is 2.12. The highest BCUT2D eigenvalue weighted by atomic mass is 16.7. The first kappa shape index (κ1) is 10.8. The van der Waals surface area contributed by atoms with E-state index in [0.717, 1.165) is 0 Å². The number of nitrogens with one attached hydrogen (secondary N) is 2. The van der Waals surface area contributed by atoms with Crippen molar-refractivity contribution in [3.8, 4) is 0 Å². The van der Waals surface area contributed by atoms with E-state index in [0.29, 0.717) is 19.1 Å². The molecule has 0 amide bonds. The molecule has 0 unspecified atom stereocenters. The van der Waals surface area contributed by atoms with E-state index >= 15 is 0 Å². The summed E-state index contributed by atoms with van der Waals surface area (Å²) in [4.78, 5) is -0.146. The molecule has 0 saturated carbocycles. The summed E-state index contributed by atoms with van der Waals surface area (Å²) in [5.41, 5.74) is 5.73. The molecule has 78 valence electrons. The number of ether oxygens (including phenoxy) is 2. The van der Waals surface area contributed by atoms with Crippen LogP contribution in [-0.2, 0) is 9.47 Å². The average Bonchev–Trinajstić information content (AvgIpc) is 2.18. The van der Waals surface area contributed by atoms with Gasteiger partial charge in [-0.15, -0.1) is 16.7 Å². The van der Waals surface area contributed by atoms with Crippen molar-refractivity contribution in [3.05, 3.63) is 0 Å². The summed E-state index contributed by atoms with van der Waals surface area (Å²) >= 11 is 0. The van der Waals surface area contributed by atoms with Crippen molar-refractivity contribution < 1.29 is 14.3 Å². The molecule has 1 heterocycles. The lowest BCUT2D eigenvalue weighted by Crippen LogP contribution is -2.75. The topological polar surface area (TPSA) is 68.5 Å². The average molecular weight is 191 g/mol. The van der Waals surface area contributed by atoms with Crippen LogP contribution in [-0.4, -0.2) is 38.5 Å². The molecule has 13 heavy (non-hydrogen) atoms. The quantitative estimate of drug-likeness (QED) is 0.300. The zero-order valence-corrected chi connectivity index (χ0v) is 8.41. The van der Waals surface area contributed by atoms with Crippen LogP contribution < -0.4 is 16.7 Å². The van der Waals surface area contributed by atoms with Gasteiger partial charge in [0.2, 0.25) is 0 Å². The monoisotopic (exact) mass is 191 g/mol. The molecule has 0 radical (unpaired) electrons. The minimum Gasteiger partial charge on any atom is -0.301 e. The van der Waals surface area contributed by atoms with Crippen molar-refractivity contribution in [3.63, 3.8) is 0 Å². The molecule has 0 bridgehead atoms. The summed E-state index contributed by atoms with van der Waals surface area (Å²) < 4.78 is 10.9. The molecule has 6 nitrogen and oxygen atoms in total. The summed E-state index contributed by atoms with van der Waals surface area (Å²) in [6, 6.07) is 0. The SMILES string of the molecule is CN[N+](N)(NC)C1OCC(C)CO1. The zero-order valence-electron chi connectivity index (χ0n) is 8.41. The lowest BCUT2D eigenvalue weighted by molar-refractivity contribution is -1.07. The molecule has 1 fully saturated rings. The number of quaternary nitrogens is 1. The van der Waals surface area contributed by atoms with Gasteiger partial charge in [0.05, 0.1) is 13.2 Å². The fourth-order valence-electron chi connectivity index (χ4n) is 1.15. The normalized spacial score (nSPS) is 30.5. The van der Waals surface area contributed by atoms with Crippen molar-refractivity contribution >= 4 is 0 Å². The van der Waals surface area contributed by atoms with E-state index in [2.05, 4.69) is 17.8 Å². The summed E-state index contributed by atoms with van der Waals surface area (Å²) in [5, 5.41) is 0. The second-order valence-corrected chi connectivity index (χ2v) is 3.30. The Morgan fingerprint density at radius 2 is 1.69 bits per heavy atom. The van der Waals surface area contributed by atoms with Crippen LogP contribution in [0.25, 0.3) is 0 Å². The fourth-order valence-corrected chi connectivity index (χ4v) is 1.15. The highest BCUT2D eigenvalue weighted by molar-refractivity contribution is 4.52. The van der Waals surface area contributed by atoms with Crippen molar-refractivity contribution in [1.29, 1.82) is 0 Å². The summed E-state index contributed by atoms with van der Waals surface area (Å²) in [6.07, 6.45) is -0.494. The summed E-state index contributed by atoms with van der Waals surface area (Å²) in [5.74, 6) is 6.31. The Bertz CT molecular complexity index is 155. The number of nitrogens with zero attached hydrogens (tertiary/aromatic N) is 1. The third-order valence-corrected chi connectivity index (χ3v) is 2.12. The molecule has 1 rings (SSSR count). The van der Waals surface area contributed by atoms with Crippen molar-refractivity contribution in [1.82, 2.24) is 10.9 Å². The molecule has 4 N–H and O–H groups in total. The van der Waals surface area contributed by atoms with Crippen LogP contribution in [0.5, 0.6) is 0 Å². The Hall–Kier alpha value is -0.240. The Balaban J connectivity index is 2.51. The molecule has 0 aromatic rings. The van der Waals surface area contributed by atoms with E-state index in [4.69, 9.17) is 15.3 Å². The third kappa shape index (κ3) is 2.37. The Morgan fingerprint density at radius 1 is 1.23 bits per heavy atom. The maximum absolute atomic E-state index is 5.88. The molecule has 0 aliphatic carbocycles. The van der Waals surface area contributed by atoms with E-state index in [1.807, 2.05) is 0 Å². The van der Waals surface area contributed by atoms with E-state index in [9.17, 15) is 0 Å². The second kappa shape index (κ2) is 4.32. The molecule has 0 aromatic carbocycles. The van der Waals surface area contributed by atoms with E-state index in [-0.39, 0.29) is 4.81 Å². The van der Waals surface area contributed by atoms with Gasteiger partial charge in [0.25, 0.3) is 0 Å². The number of hydrogen-bond acceptors (Lipinski definition) is 5. The predicted octanol–water partition coefficient (Wildman–Crippen LogP) is -1.09. The number of hydrogen-bond donors (Lipinski definition) is 3. The van der Waals surface area contributed by atoms with Gasteiger partial charge < -0.3 is 9.47 Å². The van der Waals surface area contributed by atoms with Crippen LogP contribution in [0.2, 0.25) is 0 Å². The van der Waals surface area contributed by atoms with Gasteiger partial charge in [-0.2, -0.15) is 0 Å². The first-order chi connectivity index (χ1) is 6.12. The Labute approximate surface area is 78.5 Å². The molecule has 6 heteroatoms. The zero-order chi connectivity index (χ0) is 9.90. The van der Waals surface area contributed by atoms with Crippen molar-refractivity contribution in [2.45, 2.75) is 13.3 Å². The Kier molecular flexibility index (Phi) is 3.60. The maximum atomic E-state index is 5.88. The van der Waals surface area contributed by atoms with Crippen LogP contribution in [0.4, 0.5) is 0 Å². The van der Waals surface area contributed by atoms with Crippen LogP contribution >= 0.6 is 0 Å². The lowest BCUT2D eigenvalue weighted by atomic mass is 10.2. The summed E-state index contributed by atoms with van der Waals surface area (Å²) in [7, 11) is 3.47. The van der Waals surface area contributed by atoms with Gasteiger partial charge in [0, 0.05) is 20.0 Å². The van der Waals surface area contributed by atoms with Gasteiger partial charge in [-0.25, -0.2) is 0 Å². The fraction of sp³-hybridized carbons (Fsp3) is 1.00. The Morgan fingerprint density at radius 3 is 2.08 bits per heavy atom. The van der Waals surface area contributed by atoms with Gasteiger partial charge in [-0.1, -0.05) is 6.92 Å². The van der Waals surface area contributed by atoms with Gasteiger partial charge in [-0.3, -0.25) is 0 Å². The van der Waals surface area contributed by atoms with Crippen LogP contribution in [0.1, 0.15) is 6.92 Å². The minimum atomic E-state index is -0.494. The molecule has 1 aliphatic rings. The van der Waals surface area contributed by atoms with Crippen LogP contribution in [0.15, 0.2) is 0 Å². The van der Waals surface area contributed by atoms with Crippen molar-refractivity contribution in [2.75, 3.05) is 27.3 Å². The van der Waals surface area contributed by atoms with E-state index < -0.39 is 6.41 Å². The van der Waals surface area contributed by atoms with Gasteiger partial charge in [-0.05, 0) is 4.81 Å². The van der Waals surface area contributed by atoms with Gasteiger partial charge in [0.1, 0.15) is 0 Å². The van der Waals surface area contributed by atoms with Crippen LogP contribution in [0, 0.1) is 5.92 Å².